The van der Waals surface area contributed by atoms with Gasteiger partial charge in [-0.2, -0.15) is 0 Å². The summed E-state index contributed by atoms with van der Waals surface area (Å²) < 4.78 is 13.3. The molecule has 1 aromatic heterocycles. The molecular weight excluding hydrogens is 310 g/mol. The molecule has 1 fully saturated rings. The van der Waals surface area contributed by atoms with E-state index in [1.165, 1.54) is 0 Å². The number of aliphatic hydroxyl groups excluding tert-OH is 1. The van der Waals surface area contributed by atoms with Gasteiger partial charge in [-0.25, -0.2) is 14.2 Å². The molecule has 0 aliphatic heterocycles. The van der Waals surface area contributed by atoms with Crippen LogP contribution in [0.2, 0.25) is 10.3 Å². The van der Waals surface area contributed by atoms with Crippen LogP contribution in [0.15, 0.2) is 16.6 Å². The summed E-state index contributed by atoms with van der Waals surface area (Å²) in [7, 11) is 0. The van der Waals surface area contributed by atoms with Gasteiger partial charge in [-0.15, -0.1) is 0 Å². The first-order valence-corrected chi connectivity index (χ1v) is 6.37. The quantitative estimate of drug-likeness (QED) is 0.387. The third-order valence-electron chi connectivity index (χ3n) is 2.59. The van der Waals surface area contributed by atoms with Crippen LogP contribution in [0.3, 0.4) is 0 Å². The number of carboxylic acids is 1. The predicted molar refractivity (Wildman–Crippen MR) is 72.9 cm³/mol. The molecule has 1 aliphatic rings. The Morgan fingerprint density at radius 3 is 2.60 bits per heavy atom. The molecule has 20 heavy (non-hydrogen) atoms. The van der Waals surface area contributed by atoms with Gasteiger partial charge in [0.05, 0.1) is 11.6 Å². The number of aliphatic hydroxyl groups is 1. The van der Waals surface area contributed by atoms with Crippen LogP contribution in [-0.2, 0) is 4.79 Å². The van der Waals surface area contributed by atoms with Crippen molar-refractivity contribution in [2.75, 3.05) is 0 Å². The topological polar surface area (TPSA) is 82.8 Å². The summed E-state index contributed by atoms with van der Waals surface area (Å²) in [5, 5.41) is 18.3. The van der Waals surface area contributed by atoms with E-state index in [1.807, 2.05) is 0 Å². The first-order chi connectivity index (χ1) is 9.40. The number of rotatable bonds is 4. The van der Waals surface area contributed by atoms with Gasteiger partial charge >= 0.3 is 5.97 Å². The summed E-state index contributed by atoms with van der Waals surface area (Å²) in [6.45, 7) is 0. The van der Waals surface area contributed by atoms with Gasteiger partial charge in [-0.05, 0) is 18.9 Å². The van der Waals surface area contributed by atoms with Gasteiger partial charge in [0.15, 0.2) is 11.0 Å². The van der Waals surface area contributed by atoms with E-state index in [-0.39, 0.29) is 16.8 Å². The minimum atomic E-state index is -1.40. The van der Waals surface area contributed by atoms with Crippen molar-refractivity contribution in [2.24, 2.45) is 4.99 Å². The van der Waals surface area contributed by atoms with E-state index in [4.69, 9.17) is 28.3 Å². The lowest BCUT2D eigenvalue weighted by atomic mass is 10.1. The Morgan fingerprint density at radius 1 is 1.40 bits per heavy atom. The second-order valence-electron chi connectivity index (χ2n) is 4.18. The minimum Gasteiger partial charge on any atom is -0.506 e. The molecule has 5 nitrogen and oxygen atoms in total. The van der Waals surface area contributed by atoms with E-state index in [1.54, 1.807) is 0 Å². The first-order valence-electron chi connectivity index (χ1n) is 5.61. The lowest BCUT2D eigenvalue weighted by Crippen LogP contribution is -2.07. The molecule has 0 aromatic carbocycles. The van der Waals surface area contributed by atoms with Crippen LogP contribution in [0.5, 0.6) is 0 Å². The zero-order valence-electron chi connectivity index (χ0n) is 9.98. The van der Waals surface area contributed by atoms with Crippen molar-refractivity contribution < 1.29 is 19.4 Å². The Hall–Kier alpha value is -1.66. The van der Waals surface area contributed by atoms with Crippen LogP contribution in [0.25, 0.3) is 5.76 Å². The number of hydrogen-bond donors (Lipinski definition) is 2. The Labute approximate surface area is 123 Å². The molecule has 1 heterocycles. The molecule has 0 bridgehead atoms. The highest BCUT2D eigenvalue weighted by Gasteiger charge is 2.22. The molecule has 0 radical (unpaired) electrons. The van der Waals surface area contributed by atoms with Crippen LogP contribution < -0.4 is 0 Å². The number of hydrogen-bond acceptors (Lipinski definition) is 4. The Balaban J connectivity index is 2.48. The number of aliphatic carboxylic acids is 1. The van der Waals surface area contributed by atoms with Crippen LogP contribution in [-0.4, -0.2) is 33.4 Å². The molecule has 1 aliphatic carbocycles. The fourth-order valence-electron chi connectivity index (χ4n) is 1.38. The molecule has 1 aromatic rings. The molecule has 2 N–H and O–H groups in total. The van der Waals surface area contributed by atoms with Gasteiger partial charge in [0.1, 0.15) is 16.5 Å². The lowest BCUT2D eigenvalue weighted by molar-refractivity contribution is -0.132. The van der Waals surface area contributed by atoms with E-state index >= 15 is 0 Å². The van der Waals surface area contributed by atoms with Crippen molar-refractivity contribution in [2.45, 2.75) is 18.9 Å². The van der Waals surface area contributed by atoms with Gasteiger partial charge < -0.3 is 10.2 Å². The summed E-state index contributed by atoms with van der Waals surface area (Å²) in [5.74, 6) is -3.03. The number of pyridine rings is 1. The van der Waals surface area contributed by atoms with Crippen LogP contribution >= 0.6 is 23.2 Å². The first kappa shape index (κ1) is 14.7. The summed E-state index contributed by atoms with van der Waals surface area (Å²) in [6, 6.07) is 0.897. The van der Waals surface area contributed by atoms with Gasteiger partial charge in [0.2, 0.25) is 0 Å². The standard InChI is InChI=1S/C12H9Cl2FN2O3/c13-10-6(3-8(15)11(14)17-10)9(18)7(12(19)20)4-16-5-1-2-5/h3-5,18H,1-2H2,(H,19,20). The molecule has 0 spiro atoms. The van der Waals surface area contributed by atoms with Crippen molar-refractivity contribution in [1.29, 1.82) is 0 Å². The van der Waals surface area contributed by atoms with Crippen LogP contribution in [0, 0.1) is 5.82 Å². The molecule has 0 unspecified atom stereocenters. The van der Waals surface area contributed by atoms with Crippen molar-refractivity contribution in [3.05, 3.63) is 33.3 Å². The summed E-state index contributed by atoms with van der Waals surface area (Å²) >= 11 is 11.2. The Kier molecular flexibility index (Phi) is 4.25. The van der Waals surface area contributed by atoms with Gasteiger partial charge in [0.25, 0.3) is 0 Å². The molecule has 0 amide bonds. The van der Waals surface area contributed by atoms with Crippen LogP contribution in [0.4, 0.5) is 4.39 Å². The van der Waals surface area contributed by atoms with E-state index in [0.29, 0.717) is 0 Å². The third-order valence-corrected chi connectivity index (χ3v) is 3.14. The average molecular weight is 319 g/mol. The summed E-state index contributed by atoms with van der Waals surface area (Å²) in [5.41, 5.74) is -0.740. The van der Waals surface area contributed by atoms with Gasteiger partial charge in [-0.1, -0.05) is 23.2 Å². The van der Waals surface area contributed by atoms with Crippen molar-refractivity contribution in [1.82, 2.24) is 4.98 Å². The van der Waals surface area contributed by atoms with E-state index < -0.39 is 28.3 Å². The number of aromatic nitrogens is 1. The number of halogens is 3. The maximum Gasteiger partial charge on any atom is 0.341 e. The molecule has 1 saturated carbocycles. The second-order valence-corrected chi connectivity index (χ2v) is 4.89. The number of carboxylic acid groups (broad SMARTS) is 1. The van der Waals surface area contributed by atoms with E-state index in [0.717, 1.165) is 25.1 Å². The van der Waals surface area contributed by atoms with Crippen molar-refractivity contribution in [3.63, 3.8) is 0 Å². The molecule has 8 heteroatoms. The van der Waals surface area contributed by atoms with Crippen molar-refractivity contribution in [3.8, 4) is 0 Å². The minimum absolute atomic E-state index is 0.0766. The molecular formula is C12H9Cl2FN2O3. The number of carbonyl (C=O) groups is 1. The zero-order valence-corrected chi connectivity index (χ0v) is 11.5. The normalized spacial score (nSPS) is 16.4. The number of aliphatic imine (C=N–C) groups is 1. The third kappa shape index (κ3) is 3.26. The van der Waals surface area contributed by atoms with Crippen LogP contribution in [0.1, 0.15) is 18.4 Å². The summed E-state index contributed by atoms with van der Waals surface area (Å²) in [6.07, 6.45) is 2.79. The van der Waals surface area contributed by atoms with Gasteiger partial charge in [-0.3, -0.25) is 4.99 Å². The van der Waals surface area contributed by atoms with Gasteiger partial charge in [0, 0.05) is 6.21 Å². The van der Waals surface area contributed by atoms with Crippen molar-refractivity contribution >= 4 is 41.1 Å². The molecule has 106 valence electrons. The lowest BCUT2D eigenvalue weighted by Gasteiger charge is -2.06. The second kappa shape index (κ2) is 5.76. The number of nitrogens with zero attached hydrogens (tertiary/aromatic N) is 2. The van der Waals surface area contributed by atoms with E-state index in [9.17, 15) is 14.3 Å². The van der Waals surface area contributed by atoms with E-state index in [2.05, 4.69) is 9.98 Å². The predicted octanol–water partition coefficient (Wildman–Crippen LogP) is 3.11. The fourth-order valence-corrected chi connectivity index (χ4v) is 1.79. The maximum absolute atomic E-state index is 13.3. The fraction of sp³-hybridized carbons (Fsp3) is 0.250. The maximum atomic E-state index is 13.3. The Bertz CT molecular complexity index is 627. The highest BCUT2D eigenvalue weighted by atomic mass is 35.5. The highest BCUT2D eigenvalue weighted by Crippen LogP contribution is 2.27. The molecule has 0 saturated heterocycles. The SMILES string of the molecule is O=C(O)C(C=NC1CC1)=C(O)c1cc(F)c(Cl)nc1Cl. The summed E-state index contributed by atoms with van der Waals surface area (Å²) in [4.78, 5) is 18.6. The zero-order chi connectivity index (χ0) is 14.9. The monoisotopic (exact) mass is 318 g/mol. The average Bonchev–Trinajstić information content (AvgIpc) is 3.17. The smallest absolute Gasteiger partial charge is 0.341 e. The molecule has 0 atom stereocenters. The Morgan fingerprint density at radius 2 is 2.05 bits per heavy atom. The largest absolute Gasteiger partial charge is 0.506 e. The highest BCUT2D eigenvalue weighted by molar-refractivity contribution is 6.33. The molecule has 2 rings (SSSR count).